The molecule has 3 rings (SSSR count). The summed E-state index contributed by atoms with van der Waals surface area (Å²) in [5, 5.41) is 9.73. The second-order valence-corrected chi connectivity index (χ2v) is 5.88. The maximum atomic E-state index is 12.3. The Morgan fingerprint density at radius 3 is 2.78 bits per heavy atom. The van der Waals surface area contributed by atoms with Gasteiger partial charge in [-0.2, -0.15) is 0 Å². The van der Waals surface area contributed by atoms with E-state index < -0.39 is 0 Å². The fourth-order valence-corrected chi connectivity index (χ4v) is 3.20. The van der Waals surface area contributed by atoms with Crippen LogP contribution in [0.25, 0.3) is 6.08 Å². The number of furan rings is 1. The highest BCUT2D eigenvalue weighted by atomic mass is 16.3. The van der Waals surface area contributed by atoms with Gasteiger partial charge in [0, 0.05) is 31.7 Å². The number of likely N-dealkylation sites (tertiary alicyclic amines) is 1. The highest BCUT2D eigenvalue weighted by Gasteiger charge is 2.31. The van der Waals surface area contributed by atoms with Gasteiger partial charge in [0.15, 0.2) is 0 Å². The van der Waals surface area contributed by atoms with E-state index in [4.69, 9.17) is 4.42 Å². The number of benzene rings is 1. The zero-order chi connectivity index (χ0) is 16.1. The van der Waals surface area contributed by atoms with Gasteiger partial charge in [0.05, 0.1) is 6.26 Å². The number of amides is 1. The Hall–Kier alpha value is -2.33. The number of carbonyl (C=O) groups excluding carboxylic acids is 1. The Labute approximate surface area is 136 Å². The zero-order valence-corrected chi connectivity index (χ0v) is 13.0. The number of aliphatic hydroxyl groups is 1. The van der Waals surface area contributed by atoms with Crippen molar-refractivity contribution in [3.8, 4) is 0 Å². The Bertz CT molecular complexity index is 649. The lowest BCUT2D eigenvalue weighted by atomic mass is 9.81. The van der Waals surface area contributed by atoms with Crippen molar-refractivity contribution in [1.29, 1.82) is 0 Å². The van der Waals surface area contributed by atoms with Crippen LogP contribution < -0.4 is 0 Å². The van der Waals surface area contributed by atoms with Gasteiger partial charge in [0.2, 0.25) is 5.91 Å². The van der Waals surface area contributed by atoms with E-state index in [1.807, 2.05) is 24.3 Å². The highest BCUT2D eigenvalue weighted by Crippen LogP contribution is 2.32. The van der Waals surface area contributed by atoms with E-state index in [2.05, 4.69) is 12.1 Å². The number of piperidine rings is 1. The Morgan fingerprint density at radius 1 is 1.26 bits per heavy atom. The third-order valence-corrected chi connectivity index (χ3v) is 4.44. The smallest absolute Gasteiger partial charge is 0.246 e. The molecule has 1 amide bonds. The number of carbonyl (C=O) groups is 1. The summed E-state index contributed by atoms with van der Waals surface area (Å²) in [4.78, 5) is 14.1. The van der Waals surface area contributed by atoms with Crippen LogP contribution >= 0.6 is 0 Å². The summed E-state index contributed by atoms with van der Waals surface area (Å²) < 4.78 is 5.19. The molecule has 4 nitrogen and oxygen atoms in total. The molecular weight excluding hydrogens is 290 g/mol. The largest absolute Gasteiger partial charge is 0.465 e. The highest BCUT2D eigenvalue weighted by molar-refractivity contribution is 5.91. The summed E-state index contributed by atoms with van der Waals surface area (Å²) in [7, 11) is 0. The second-order valence-electron chi connectivity index (χ2n) is 5.88. The van der Waals surface area contributed by atoms with E-state index in [-0.39, 0.29) is 18.4 Å². The van der Waals surface area contributed by atoms with Crippen LogP contribution in [0.5, 0.6) is 0 Å². The maximum absolute atomic E-state index is 12.3. The van der Waals surface area contributed by atoms with Crippen molar-refractivity contribution in [2.45, 2.75) is 12.3 Å². The lowest BCUT2D eigenvalue weighted by Crippen LogP contribution is -2.43. The fraction of sp³-hybridized carbons (Fsp3) is 0.316. The first-order chi connectivity index (χ1) is 11.3. The standard InChI is InChI=1S/C19H21NO3/c21-14-16-13-20(19(22)9-8-17-7-4-12-23-17)11-10-18(16)15-5-2-1-3-6-15/h1-9,12,16,18,21H,10-11,13-14H2/b9-8+/t16-,18+/m1/s1. The first kappa shape index (κ1) is 15.6. The Morgan fingerprint density at radius 2 is 2.09 bits per heavy atom. The van der Waals surface area contributed by atoms with Crippen molar-refractivity contribution in [1.82, 2.24) is 4.90 Å². The first-order valence-corrected chi connectivity index (χ1v) is 7.94. The molecular formula is C19H21NO3. The van der Waals surface area contributed by atoms with Crippen molar-refractivity contribution >= 4 is 12.0 Å². The average molecular weight is 311 g/mol. The van der Waals surface area contributed by atoms with Crippen LogP contribution in [0.4, 0.5) is 0 Å². The summed E-state index contributed by atoms with van der Waals surface area (Å²) >= 11 is 0. The Balaban J connectivity index is 1.65. The minimum absolute atomic E-state index is 0.0358. The summed E-state index contributed by atoms with van der Waals surface area (Å²) in [6, 6.07) is 13.8. The fourth-order valence-electron chi connectivity index (χ4n) is 3.20. The van der Waals surface area contributed by atoms with Gasteiger partial charge in [-0.25, -0.2) is 0 Å². The van der Waals surface area contributed by atoms with Gasteiger partial charge in [-0.3, -0.25) is 4.79 Å². The van der Waals surface area contributed by atoms with Crippen LogP contribution in [0.1, 0.15) is 23.7 Å². The Kier molecular flexibility index (Phi) is 4.93. The third-order valence-electron chi connectivity index (χ3n) is 4.44. The normalized spacial score (nSPS) is 21.7. The van der Waals surface area contributed by atoms with E-state index >= 15 is 0 Å². The molecule has 1 aromatic carbocycles. The lowest BCUT2D eigenvalue weighted by molar-refractivity contribution is -0.128. The predicted molar refractivity (Wildman–Crippen MR) is 88.7 cm³/mol. The maximum Gasteiger partial charge on any atom is 0.246 e. The van der Waals surface area contributed by atoms with Crippen LogP contribution in [0.3, 0.4) is 0 Å². The van der Waals surface area contributed by atoms with Gasteiger partial charge < -0.3 is 14.4 Å². The molecule has 1 aromatic heterocycles. The molecule has 0 radical (unpaired) electrons. The molecule has 1 aliphatic rings. The molecule has 0 spiro atoms. The quantitative estimate of drug-likeness (QED) is 0.883. The molecule has 0 unspecified atom stereocenters. The minimum atomic E-state index is -0.0358. The van der Waals surface area contributed by atoms with Gasteiger partial charge in [0.25, 0.3) is 0 Å². The molecule has 2 aromatic rings. The van der Waals surface area contributed by atoms with E-state index in [1.165, 1.54) is 11.6 Å². The van der Waals surface area contributed by atoms with Gasteiger partial charge in [-0.05, 0) is 36.1 Å². The molecule has 0 aliphatic carbocycles. The zero-order valence-electron chi connectivity index (χ0n) is 13.0. The predicted octanol–water partition coefficient (Wildman–Crippen LogP) is 2.92. The molecule has 0 saturated carbocycles. The van der Waals surface area contributed by atoms with E-state index in [1.54, 1.807) is 23.3 Å². The second kappa shape index (κ2) is 7.29. The monoisotopic (exact) mass is 311 g/mol. The van der Waals surface area contributed by atoms with Gasteiger partial charge in [-0.15, -0.1) is 0 Å². The minimum Gasteiger partial charge on any atom is -0.465 e. The summed E-state index contributed by atoms with van der Waals surface area (Å²) in [6.07, 6.45) is 5.67. The van der Waals surface area contributed by atoms with Crippen molar-refractivity contribution in [3.05, 3.63) is 66.1 Å². The van der Waals surface area contributed by atoms with E-state index in [0.717, 1.165) is 6.42 Å². The molecule has 23 heavy (non-hydrogen) atoms. The number of hydrogen-bond acceptors (Lipinski definition) is 3. The summed E-state index contributed by atoms with van der Waals surface area (Å²) in [6.45, 7) is 1.38. The first-order valence-electron chi connectivity index (χ1n) is 7.94. The molecule has 120 valence electrons. The van der Waals surface area contributed by atoms with Crippen molar-refractivity contribution in [2.24, 2.45) is 5.92 Å². The molecule has 1 saturated heterocycles. The molecule has 1 fully saturated rings. The molecule has 1 aliphatic heterocycles. The molecule has 2 atom stereocenters. The number of hydrogen-bond donors (Lipinski definition) is 1. The van der Waals surface area contributed by atoms with Crippen molar-refractivity contribution < 1.29 is 14.3 Å². The van der Waals surface area contributed by atoms with E-state index in [0.29, 0.717) is 24.8 Å². The van der Waals surface area contributed by atoms with Crippen LogP contribution in [0, 0.1) is 5.92 Å². The SMILES string of the molecule is O=C(/C=C/c1ccco1)N1CC[C@@H](c2ccccc2)[C@@H](CO)C1. The average Bonchev–Trinajstić information content (AvgIpc) is 3.13. The molecule has 1 N–H and O–H groups in total. The van der Waals surface area contributed by atoms with Gasteiger partial charge in [-0.1, -0.05) is 30.3 Å². The van der Waals surface area contributed by atoms with Crippen LogP contribution in [-0.4, -0.2) is 35.6 Å². The van der Waals surface area contributed by atoms with Crippen LogP contribution in [-0.2, 0) is 4.79 Å². The third kappa shape index (κ3) is 3.71. The molecule has 2 heterocycles. The molecule has 0 bridgehead atoms. The topological polar surface area (TPSA) is 53.7 Å². The van der Waals surface area contributed by atoms with Gasteiger partial charge in [0.1, 0.15) is 5.76 Å². The molecule has 4 heteroatoms. The number of rotatable bonds is 4. The number of nitrogens with zero attached hydrogens (tertiary/aromatic N) is 1. The van der Waals surface area contributed by atoms with Crippen LogP contribution in [0.2, 0.25) is 0 Å². The summed E-state index contributed by atoms with van der Waals surface area (Å²) in [5.41, 5.74) is 1.24. The van der Waals surface area contributed by atoms with Crippen molar-refractivity contribution in [2.75, 3.05) is 19.7 Å². The number of aliphatic hydroxyl groups excluding tert-OH is 1. The lowest BCUT2D eigenvalue weighted by Gasteiger charge is -2.37. The van der Waals surface area contributed by atoms with Gasteiger partial charge >= 0.3 is 0 Å². The van der Waals surface area contributed by atoms with Crippen LogP contribution in [0.15, 0.2) is 59.2 Å². The van der Waals surface area contributed by atoms with E-state index in [9.17, 15) is 9.90 Å². The van der Waals surface area contributed by atoms with Crippen molar-refractivity contribution in [3.63, 3.8) is 0 Å². The summed E-state index contributed by atoms with van der Waals surface area (Å²) in [5.74, 6) is 1.01.